The van der Waals surface area contributed by atoms with Gasteiger partial charge in [0.05, 0.1) is 0 Å². The number of hydrogen-bond acceptors (Lipinski definition) is 4. The second-order valence-electron chi connectivity index (χ2n) is 6.52. The van der Waals surface area contributed by atoms with Crippen molar-refractivity contribution in [3.05, 3.63) is 59.9 Å². The minimum atomic E-state index is -0.114. The van der Waals surface area contributed by atoms with E-state index in [1.807, 2.05) is 36.9 Å². The number of amides is 2. The van der Waals surface area contributed by atoms with Gasteiger partial charge in [0, 0.05) is 56.7 Å². The van der Waals surface area contributed by atoms with Gasteiger partial charge in [-0.1, -0.05) is 18.2 Å². The van der Waals surface area contributed by atoms with Gasteiger partial charge in [-0.15, -0.1) is 0 Å². The van der Waals surface area contributed by atoms with Crippen LogP contribution in [-0.2, 0) is 0 Å². The number of carbonyl (C=O) groups is 2. The molecule has 1 aliphatic rings. The first-order valence-corrected chi connectivity index (χ1v) is 9.48. The largest absolute Gasteiger partial charge is 0.368 e. The molecule has 0 N–H and O–H groups in total. The monoisotopic (exact) mass is 366 g/mol. The first-order valence-electron chi connectivity index (χ1n) is 9.48. The molecule has 27 heavy (non-hydrogen) atoms. The number of hydrogen-bond donors (Lipinski definition) is 0. The fourth-order valence-electron chi connectivity index (χ4n) is 3.34. The summed E-state index contributed by atoms with van der Waals surface area (Å²) in [4.78, 5) is 35.4. The number of carbonyl (C=O) groups excluding carboxylic acids is 2. The van der Waals surface area contributed by atoms with Gasteiger partial charge >= 0.3 is 0 Å². The molecule has 0 atom stereocenters. The number of anilines is 1. The van der Waals surface area contributed by atoms with Crippen LogP contribution in [0.3, 0.4) is 0 Å². The zero-order valence-corrected chi connectivity index (χ0v) is 16.0. The van der Waals surface area contributed by atoms with Gasteiger partial charge < -0.3 is 14.7 Å². The zero-order valence-electron chi connectivity index (χ0n) is 16.0. The van der Waals surface area contributed by atoms with E-state index in [0.717, 1.165) is 13.1 Å². The molecule has 0 bridgehead atoms. The lowest BCUT2D eigenvalue weighted by Crippen LogP contribution is -2.49. The summed E-state index contributed by atoms with van der Waals surface area (Å²) in [5, 5.41) is 0. The van der Waals surface area contributed by atoms with Crippen LogP contribution in [0.25, 0.3) is 0 Å². The third kappa shape index (κ3) is 4.27. The summed E-state index contributed by atoms with van der Waals surface area (Å²) in [5.41, 5.74) is 2.02. The Morgan fingerprint density at radius 2 is 1.67 bits per heavy atom. The number of benzene rings is 1. The van der Waals surface area contributed by atoms with Gasteiger partial charge in [0.2, 0.25) is 0 Å². The summed E-state index contributed by atoms with van der Waals surface area (Å²) in [6.45, 7) is 8.03. The van der Waals surface area contributed by atoms with Gasteiger partial charge in [-0.25, -0.2) is 0 Å². The SMILES string of the molecule is CCN(CC)C(=O)c1ccnc(C(=O)N2CCN(c3ccccc3)CC2)c1. The number of piperazine rings is 1. The lowest BCUT2D eigenvalue weighted by Gasteiger charge is -2.36. The van der Waals surface area contributed by atoms with Crippen LogP contribution in [0.15, 0.2) is 48.7 Å². The summed E-state index contributed by atoms with van der Waals surface area (Å²) in [6.07, 6.45) is 1.55. The average Bonchev–Trinajstić information content (AvgIpc) is 2.75. The molecule has 0 saturated carbocycles. The van der Waals surface area contributed by atoms with Gasteiger partial charge in [0.1, 0.15) is 5.69 Å². The molecule has 1 aliphatic heterocycles. The van der Waals surface area contributed by atoms with Crippen LogP contribution in [-0.4, -0.2) is 65.9 Å². The van der Waals surface area contributed by atoms with E-state index in [4.69, 9.17) is 0 Å². The fourth-order valence-corrected chi connectivity index (χ4v) is 3.34. The Labute approximate surface area is 160 Å². The second-order valence-corrected chi connectivity index (χ2v) is 6.52. The van der Waals surface area contributed by atoms with Crippen LogP contribution in [0.4, 0.5) is 5.69 Å². The molecule has 0 radical (unpaired) electrons. The third-order valence-corrected chi connectivity index (χ3v) is 4.96. The van der Waals surface area contributed by atoms with E-state index in [9.17, 15) is 9.59 Å². The molecule has 0 aliphatic carbocycles. The number of rotatable bonds is 5. The maximum Gasteiger partial charge on any atom is 0.272 e. The van der Waals surface area contributed by atoms with Crippen molar-refractivity contribution in [3.63, 3.8) is 0 Å². The highest BCUT2D eigenvalue weighted by Gasteiger charge is 2.24. The van der Waals surface area contributed by atoms with E-state index in [2.05, 4.69) is 22.0 Å². The summed E-state index contributed by atoms with van der Waals surface area (Å²) in [5.74, 6) is -0.178. The molecule has 1 aromatic heterocycles. The zero-order chi connectivity index (χ0) is 19.2. The number of para-hydroxylation sites is 1. The molecular formula is C21H26N4O2. The standard InChI is InChI=1S/C21H26N4O2/c1-3-23(4-2)20(26)17-10-11-22-19(16-17)21(27)25-14-12-24(13-15-25)18-8-6-5-7-9-18/h5-11,16H,3-4,12-15H2,1-2H3. The van der Waals surface area contributed by atoms with Crippen molar-refractivity contribution >= 4 is 17.5 Å². The Morgan fingerprint density at radius 1 is 1.00 bits per heavy atom. The molecule has 2 amide bonds. The highest BCUT2D eigenvalue weighted by Crippen LogP contribution is 2.17. The van der Waals surface area contributed by atoms with Gasteiger partial charge in [-0.3, -0.25) is 14.6 Å². The topological polar surface area (TPSA) is 56.8 Å². The van der Waals surface area contributed by atoms with Crippen LogP contribution < -0.4 is 4.90 Å². The van der Waals surface area contributed by atoms with Crippen LogP contribution in [0.2, 0.25) is 0 Å². The van der Waals surface area contributed by atoms with Gasteiger partial charge in [0.15, 0.2) is 0 Å². The fraction of sp³-hybridized carbons (Fsp3) is 0.381. The maximum absolute atomic E-state index is 12.8. The van der Waals surface area contributed by atoms with Gasteiger partial charge in [0.25, 0.3) is 11.8 Å². The molecule has 3 rings (SSSR count). The lowest BCUT2D eigenvalue weighted by atomic mass is 10.1. The van der Waals surface area contributed by atoms with Crippen molar-refractivity contribution in [1.29, 1.82) is 0 Å². The van der Waals surface area contributed by atoms with Crippen LogP contribution in [0.1, 0.15) is 34.7 Å². The minimum absolute atomic E-state index is 0.0645. The number of nitrogens with zero attached hydrogens (tertiary/aromatic N) is 4. The van der Waals surface area contributed by atoms with Crippen LogP contribution in [0.5, 0.6) is 0 Å². The minimum Gasteiger partial charge on any atom is -0.368 e. The molecule has 0 unspecified atom stereocenters. The highest BCUT2D eigenvalue weighted by atomic mass is 16.2. The number of aromatic nitrogens is 1. The molecular weight excluding hydrogens is 340 g/mol. The Bertz CT molecular complexity index is 782. The molecule has 0 spiro atoms. The quantitative estimate of drug-likeness (QED) is 0.816. The van der Waals surface area contributed by atoms with E-state index >= 15 is 0 Å². The smallest absolute Gasteiger partial charge is 0.272 e. The van der Waals surface area contributed by atoms with Crippen molar-refractivity contribution in [2.24, 2.45) is 0 Å². The molecule has 2 heterocycles. The number of pyridine rings is 1. The van der Waals surface area contributed by atoms with Crippen LogP contribution >= 0.6 is 0 Å². The van der Waals surface area contributed by atoms with E-state index < -0.39 is 0 Å². The normalized spacial score (nSPS) is 14.1. The average molecular weight is 366 g/mol. The Kier molecular flexibility index (Phi) is 6.06. The Hall–Kier alpha value is -2.89. The van der Waals surface area contributed by atoms with Crippen molar-refractivity contribution < 1.29 is 9.59 Å². The Morgan fingerprint density at radius 3 is 2.30 bits per heavy atom. The highest BCUT2D eigenvalue weighted by molar-refractivity contribution is 5.98. The van der Waals surface area contributed by atoms with Crippen molar-refractivity contribution in [3.8, 4) is 0 Å². The van der Waals surface area contributed by atoms with E-state index in [0.29, 0.717) is 37.4 Å². The lowest BCUT2D eigenvalue weighted by molar-refractivity contribution is 0.0740. The summed E-state index contributed by atoms with van der Waals surface area (Å²) in [6, 6.07) is 13.5. The van der Waals surface area contributed by atoms with E-state index in [1.165, 1.54) is 5.69 Å². The molecule has 6 heteroatoms. The molecule has 6 nitrogen and oxygen atoms in total. The molecule has 1 saturated heterocycles. The van der Waals surface area contributed by atoms with Crippen molar-refractivity contribution in [1.82, 2.24) is 14.8 Å². The second kappa shape index (κ2) is 8.66. The predicted molar refractivity (Wildman–Crippen MR) is 106 cm³/mol. The third-order valence-electron chi connectivity index (χ3n) is 4.96. The van der Waals surface area contributed by atoms with Crippen LogP contribution in [0, 0.1) is 0 Å². The summed E-state index contributed by atoms with van der Waals surface area (Å²) in [7, 11) is 0. The first-order chi connectivity index (χ1) is 13.1. The van der Waals surface area contributed by atoms with Crippen molar-refractivity contribution in [2.75, 3.05) is 44.2 Å². The van der Waals surface area contributed by atoms with Crippen molar-refractivity contribution in [2.45, 2.75) is 13.8 Å². The van der Waals surface area contributed by atoms with Gasteiger partial charge in [-0.05, 0) is 38.1 Å². The van der Waals surface area contributed by atoms with E-state index in [1.54, 1.807) is 23.2 Å². The first kappa shape index (κ1) is 18.9. The maximum atomic E-state index is 12.8. The molecule has 1 aromatic carbocycles. The summed E-state index contributed by atoms with van der Waals surface area (Å²) < 4.78 is 0. The molecule has 2 aromatic rings. The van der Waals surface area contributed by atoms with E-state index in [-0.39, 0.29) is 11.8 Å². The predicted octanol–water partition coefficient (Wildman–Crippen LogP) is 2.53. The molecule has 142 valence electrons. The molecule has 1 fully saturated rings. The Balaban J connectivity index is 1.67. The van der Waals surface area contributed by atoms with Gasteiger partial charge in [-0.2, -0.15) is 0 Å². The summed E-state index contributed by atoms with van der Waals surface area (Å²) >= 11 is 0.